The van der Waals surface area contributed by atoms with Crippen molar-refractivity contribution in [2.45, 2.75) is 13.8 Å². The number of hydrogen-bond donors (Lipinski definition) is 1. The second-order valence-corrected chi connectivity index (χ2v) is 4.94. The zero-order chi connectivity index (χ0) is 16.8. The van der Waals surface area contributed by atoms with Gasteiger partial charge in [0.2, 0.25) is 0 Å². The Kier molecular flexibility index (Phi) is 5.46. The van der Waals surface area contributed by atoms with Crippen LogP contribution >= 0.6 is 0 Å². The lowest BCUT2D eigenvalue weighted by atomic mass is 10.1. The molecule has 0 spiro atoms. The van der Waals surface area contributed by atoms with E-state index in [2.05, 4.69) is 5.32 Å². The second-order valence-electron chi connectivity index (χ2n) is 4.94. The number of benzene rings is 2. The van der Waals surface area contributed by atoms with Crippen molar-refractivity contribution in [1.82, 2.24) is 0 Å². The zero-order valence-electron chi connectivity index (χ0n) is 13.8. The summed E-state index contributed by atoms with van der Waals surface area (Å²) in [6.45, 7) is 4.35. The molecule has 5 nitrogen and oxygen atoms in total. The van der Waals surface area contributed by atoms with Crippen LogP contribution in [0, 0.1) is 6.92 Å². The van der Waals surface area contributed by atoms with Gasteiger partial charge < -0.3 is 19.5 Å². The summed E-state index contributed by atoms with van der Waals surface area (Å²) in [6.07, 6.45) is 0. The number of carbonyl (C=O) groups is 1. The molecule has 1 amide bonds. The van der Waals surface area contributed by atoms with Crippen molar-refractivity contribution >= 4 is 11.6 Å². The first-order valence-corrected chi connectivity index (χ1v) is 7.35. The van der Waals surface area contributed by atoms with Gasteiger partial charge in [0.05, 0.1) is 20.8 Å². The molecule has 0 bridgehead atoms. The summed E-state index contributed by atoms with van der Waals surface area (Å²) in [4.78, 5) is 12.5. The average Bonchev–Trinajstić information content (AvgIpc) is 2.55. The molecular formula is C18H21NO4. The van der Waals surface area contributed by atoms with Crippen LogP contribution < -0.4 is 19.5 Å². The minimum Gasteiger partial charge on any atom is -0.494 e. The van der Waals surface area contributed by atoms with E-state index < -0.39 is 0 Å². The van der Waals surface area contributed by atoms with E-state index in [1.165, 1.54) is 0 Å². The molecule has 0 heterocycles. The average molecular weight is 315 g/mol. The van der Waals surface area contributed by atoms with E-state index in [9.17, 15) is 4.79 Å². The standard InChI is InChI=1S/C18H21NO4/c1-5-23-14-8-6-7-13(10-14)19-18(20)15-11-17(22-4)16(21-3)9-12(15)2/h6-11H,5H2,1-4H3,(H,19,20). The Morgan fingerprint density at radius 1 is 1.09 bits per heavy atom. The van der Waals surface area contributed by atoms with Crippen LogP contribution in [0.1, 0.15) is 22.8 Å². The van der Waals surface area contributed by atoms with Crippen molar-refractivity contribution in [2.24, 2.45) is 0 Å². The Bertz CT molecular complexity index is 697. The molecule has 1 N–H and O–H groups in total. The highest BCUT2D eigenvalue weighted by Gasteiger charge is 2.15. The van der Waals surface area contributed by atoms with Gasteiger partial charge in [-0.05, 0) is 43.7 Å². The summed E-state index contributed by atoms with van der Waals surface area (Å²) in [7, 11) is 3.11. The van der Waals surface area contributed by atoms with E-state index in [0.29, 0.717) is 35.1 Å². The quantitative estimate of drug-likeness (QED) is 0.884. The van der Waals surface area contributed by atoms with Crippen LogP contribution in [0.25, 0.3) is 0 Å². The van der Waals surface area contributed by atoms with Crippen LogP contribution in [0.5, 0.6) is 17.2 Å². The molecule has 0 aliphatic heterocycles. The smallest absolute Gasteiger partial charge is 0.256 e. The molecule has 122 valence electrons. The van der Waals surface area contributed by atoms with Gasteiger partial charge in [0, 0.05) is 17.3 Å². The minimum atomic E-state index is -0.211. The maximum absolute atomic E-state index is 12.5. The number of amides is 1. The number of carbonyl (C=O) groups excluding carboxylic acids is 1. The second kappa shape index (κ2) is 7.54. The van der Waals surface area contributed by atoms with E-state index in [-0.39, 0.29) is 5.91 Å². The lowest BCUT2D eigenvalue weighted by Crippen LogP contribution is -2.14. The van der Waals surface area contributed by atoms with E-state index in [4.69, 9.17) is 14.2 Å². The van der Waals surface area contributed by atoms with E-state index in [0.717, 1.165) is 5.56 Å². The highest BCUT2D eigenvalue weighted by Crippen LogP contribution is 2.30. The Balaban J connectivity index is 2.25. The molecule has 0 aliphatic carbocycles. The molecular weight excluding hydrogens is 294 g/mol. The molecule has 0 atom stereocenters. The molecule has 23 heavy (non-hydrogen) atoms. The Morgan fingerprint density at radius 3 is 2.43 bits per heavy atom. The van der Waals surface area contributed by atoms with Crippen molar-refractivity contribution in [3.05, 3.63) is 47.5 Å². The fourth-order valence-electron chi connectivity index (χ4n) is 2.25. The third-order valence-corrected chi connectivity index (χ3v) is 3.38. The molecule has 2 aromatic rings. The summed E-state index contributed by atoms with van der Waals surface area (Å²) in [6, 6.07) is 10.7. The van der Waals surface area contributed by atoms with Crippen molar-refractivity contribution in [2.75, 3.05) is 26.1 Å². The predicted octanol–water partition coefficient (Wildman–Crippen LogP) is 3.66. The highest BCUT2D eigenvalue weighted by molar-refractivity contribution is 6.05. The van der Waals surface area contributed by atoms with Gasteiger partial charge in [-0.1, -0.05) is 6.07 Å². The third-order valence-electron chi connectivity index (χ3n) is 3.38. The number of aryl methyl sites for hydroxylation is 1. The maximum Gasteiger partial charge on any atom is 0.256 e. The first kappa shape index (κ1) is 16.7. The molecule has 2 rings (SSSR count). The molecule has 2 aromatic carbocycles. The first-order chi connectivity index (χ1) is 11.1. The molecule has 0 unspecified atom stereocenters. The van der Waals surface area contributed by atoms with Gasteiger partial charge >= 0.3 is 0 Å². The lowest BCUT2D eigenvalue weighted by molar-refractivity contribution is 0.102. The largest absolute Gasteiger partial charge is 0.494 e. The molecule has 0 saturated carbocycles. The number of methoxy groups -OCH3 is 2. The summed E-state index contributed by atoms with van der Waals surface area (Å²) in [5.74, 6) is 1.62. The van der Waals surface area contributed by atoms with Crippen molar-refractivity contribution < 1.29 is 19.0 Å². The molecule has 0 radical (unpaired) electrons. The van der Waals surface area contributed by atoms with Crippen LogP contribution in [0.3, 0.4) is 0 Å². The number of anilines is 1. The van der Waals surface area contributed by atoms with E-state index in [1.54, 1.807) is 32.4 Å². The fourth-order valence-corrected chi connectivity index (χ4v) is 2.25. The summed E-state index contributed by atoms with van der Waals surface area (Å²) in [5.41, 5.74) is 2.01. The van der Waals surface area contributed by atoms with Gasteiger partial charge in [-0.25, -0.2) is 0 Å². The van der Waals surface area contributed by atoms with Gasteiger partial charge in [-0.2, -0.15) is 0 Å². The number of rotatable bonds is 6. The van der Waals surface area contributed by atoms with Crippen LogP contribution in [0.4, 0.5) is 5.69 Å². The SMILES string of the molecule is CCOc1cccc(NC(=O)c2cc(OC)c(OC)cc2C)c1. The number of hydrogen-bond acceptors (Lipinski definition) is 4. The van der Waals surface area contributed by atoms with Crippen molar-refractivity contribution in [3.8, 4) is 17.2 Å². The van der Waals surface area contributed by atoms with Gasteiger partial charge in [0.15, 0.2) is 11.5 Å². The minimum absolute atomic E-state index is 0.211. The van der Waals surface area contributed by atoms with Crippen LogP contribution in [0.15, 0.2) is 36.4 Å². The molecule has 0 fully saturated rings. The highest BCUT2D eigenvalue weighted by atomic mass is 16.5. The molecule has 0 aromatic heterocycles. The van der Waals surface area contributed by atoms with Crippen molar-refractivity contribution in [3.63, 3.8) is 0 Å². The van der Waals surface area contributed by atoms with Crippen LogP contribution in [-0.4, -0.2) is 26.7 Å². The summed E-state index contributed by atoms with van der Waals surface area (Å²) in [5, 5.41) is 2.87. The number of ether oxygens (including phenoxy) is 3. The predicted molar refractivity (Wildman–Crippen MR) is 89.8 cm³/mol. The van der Waals surface area contributed by atoms with Gasteiger partial charge in [0.1, 0.15) is 5.75 Å². The molecule has 5 heteroatoms. The molecule has 0 aliphatic rings. The zero-order valence-corrected chi connectivity index (χ0v) is 13.8. The third kappa shape index (κ3) is 3.94. The van der Waals surface area contributed by atoms with Gasteiger partial charge in [-0.15, -0.1) is 0 Å². The fraction of sp³-hybridized carbons (Fsp3) is 0.278. The Labute approximate surface area is 136 Å². The van der Waals surface area contributed by atoms with Crippen LogP contribution in [-0.2, 0) is 0 Å². The lowest BCUT2D eigenvalue weighted by Gasteiger charge is -2.13. The van der Waals surface area contributed by atoms with Gasteiger partial charge in [0.25, 0.3) is 5.91 Å². The Hall–Kier alpha value is -2.69. The molecule has 0 saturated heterocycles. The van der Waals surface area contributed by atoms with Crippen LogP contribution in [0.2, 0.25) is 0 Å². The number of nitrogens with one attached hydrogen (secondary N) is 1. The first-order valence-electron chi connectivity index (χ1n) is 7.35. The topological polar surface area (TPSA) is 56.8 Å². The maximum atomic E-state index is 12.5. The summed E-state index contributed by atoms with van der Waals surface area (Å²) >= 11 is 0. The Morgan fingerprint density at radius 2 is 1.78 bits per heavy atom. The summed E-state index contributed by atoms with van der Waals surface area (Å²) < 4.78 is 15.9. The van der Waals surface area contributed by atoms with E-state index in [1.807, 2.05) is 32.0 Å². The normalized spacial score (nSPS) is 10.1. The van der Waals surface area contributed by atoms with Crippen molar-refractivity contribution in [1.29, 1.82) is 0 Å². The van der Waals surface area contributed by atoms with Gasteiger partial charge in [-0.3, -0.25) is 4.79 Å². The van der Waals surface area contributed by atoms with E-state index >= 15 is 0 Å². The monoisotopic (exact) mass is 315 g/mol.